The van der Waals surface area contributed by atoms with E-state index < -0.39 is 17.5 Å². The fraction of sp³-hybridized carbons (Fsp3) is 0.476. The number of carbonyl (C=O) groups is 3. The highest BCUT2D eigenvalue weighted by atomic mass is 16.2. The molecule has 4 amide bonds. The highest BCUT2D eigenvalue weighted by Crippen LogP contribution is 2.59. The molecular formula is C21H27N3O3. The number of allylic oxidation sites excluding steroid dienone is 2. The zero-order chi connectivity index (χ0) is 20.0. The summed E-state index contributed by atoms with van der Waals surface area (Å²) in [5, 5.41) is 3.61. The molecule has 2 N–H and O–H groups in total. The van der Waals surface area contributed by atoms with Gasteiger partial charge in [-0.1, -0.05) is 62.8 Å². The normalized spacial score (nSPS) is 28.6. The maximum atomic E-state index is 13.1. The third-order valence-electron chi connectivity index (χ3n) is 5.82. The Morgan fingerprint density at radius 3 is 2.41 bits per heavy atom. The Balaban J connectivity index is 1.81. The van der Waals surface area contributed by atoms with Gasteiger partial charge >= 0.3 is 6.03 Å². The zero-order valence-corrected chi connectivity index (χ0v) is 16.5. The van der Waals surface area contributed by atoms with Crippen molar-refractivity contribution >= 4 is 17.8 Å². The van der Waals surface area contributed by atoms with E-state index in [-0.39, 0.29) is 23.2 Å². The van der Waals surface area contributed by atoms with Crippen molar-refractivity contribution in [3.63, 3.8) is 0 Å². The quantitative estimate of drug-likeness (QED) is 0.618. The number of carbonyl (C=O) groups excluding carboxylic acids is 3. The first-order valence-corrected chi connectivity index (χ1v) is 9.33. The summed E-state index contributed by atoms with van der Waals surface area (Å²) in [5.41, 5.74) is 3.07. The molecule has 3 rings (SSSR count). The van der Waals surface area contributed by atoms with Gasteiger partial charge in [0.05, 0.1) is 5.92 Å². The van der Waals surface area contributed by atoms with Crippen LogP contribution in [0, 0.1) is 17.3 Å². The van der Waals surface area contributed by atoms with E-state index in [0.717, 1.165) is 10.6 Å². The summed E-state index contributed by atoms with van der Waals surface area (Å²) < 4.78 is 0. The van der Waals surface area contributed by atoms with Crippen molar-refractivity contribution in [2.24, 2.45) is 17.3 Å². The van der Waals surface area contributed by atoms with E-state index in [9.17, 15) is 14.4 Å². The molecule has 0 bridgehead atoms. The van der Waals surface area contributed by atoms with Crippen molar-refractivity contribution < 1.29 is 14.4 Å². The molecule has 1 heterocycles. The van der Waals surface area contributed by atoms with E-state index in [0.29, 0.717) is 12.0 Å². The van der Waals surface area contributed by atoms with Gasteiger partial charge in [-0.2, -0.15) is 5.01 Å². The molecule has 2 aliphatic rings. The van der Waals surface area contributed by atoms with Gasteiger partial charge in [-0.15, -0.1) is 0 Å². The molecule has 144 valence electrons. The van der Waals surface area contributed by atoms with Crippen molar-refractivity contribution in [2.45, 2.75) is 46.6 Å². The smallest absolute Gasteiger partial charge is 0.318 e. The van der Waals surface area contributed by atoms with Gasteiger partial charge in [0.1, 0.15) is 5.54 Å². The third kappa shape index (κ3) is 3.03. The van der Waals surface area contributed by atoms with Crippen molar-refractivity contribution in [1.82, 2.24) is 15.8 Å². The average Bonchev–Trinajstić information content (AvgIpc) is 3.06. The second kappa shape index (κ2) is 6.51. The van der Waals surface area contributed by atoms with E-state index in [4.69, 9.17) is 0 Å². The Labute approximate surface area is 160 Å². The number of amides is 4. The van der Waals surface area contributed by atoms with Gasteiger partial charge in [-0.05, 0) is 37.2 Å². The van der Waals surface area contributed by atoms with Crippen LogP contribution in [0.15, 0.2) is 42.0 Å². The first kappa shape index (κ1) is 19.1. The number of nitrogens with zero attached hydrogens (tertiary/aromatic N) is 1. The molecule has 1 saturated carbocycles. The first-order chi connectivity index (χ1) is 12.6. The van der Waals surface area contributed by atoms with E-state index in [1.165, 1.54) is 0 Å². The van der Waals surface area contributed by atoms with Crippen LogP contribution in [-0.4, -0.2) is 22.9 Å². The number of nitrogens with one attached hydrogen (secondary N) is 2. The van der Waals surface area contributed by atoms with Crippen molar-refractivity contribution in [3.8, 4) is 0 Å². The number of urea groups is 1. The number of benzene rings is 1. The number of rotatable bonds is 5. The summed E-state index contributed by atoms with van der Waals surface area (Å²) in [5.74, 6) is -0.910. The molecule has 0 aromatic heterocycles. The molecule has 1 aliphatic carbocycles. The Bertz CT molecular complexity index is 811. The average molecular weight is 369 g/mol. The topological polar surface area (TPSA) is 78.5 Å². The molecule has 27 heavy (non-hydrogen) atoms. The predicted molar refractivity (Wildman–Crippen MR) is 102 cm³/mol. The van der Waals surface area contributed by atoms with Gasteiger partial charge in [-0.3, -0.25) is 15.0 Å². The fourth-order valence-electron chi connectivity index (χ4n) is 4.07. The number of imide groups is 1. The number of hydrogen-bond donors (Lipinski definition) is 2. The second-order valence-corrected chi connectivity index (χ2v) is 8.24. The minimum atomic E-state index is -1.15. The van der Waals surface area contributed by atoms with Crippen molar-refractivity contribution in [1.29, 1.82) is 0 Å². The van der Waals surface area contributed by atoms with Crippen molar-refractivity contribution in [2.75, 3.05) is 0 Å². The molecule has 3 atom stereocenters. The molecule has 6 heteroatoms. The molecular weight excluding hydrogens is 342 g/mol. The molecule has 1 saturated heterocycles. The van der Waals surface area contributed by atoms with E-state index in [1.807, 2.05) is 65.0 Å². The van der Waals surface area contributed by atoms with Crippen LogP contribution in [-0.2, 0) is 15.1 Å². The van der Waals surface area contributed by atoms with Crippen LogP contribution in [0.4, 0.5) is 4.79 Å². The van der Waals surface area contributed by atoms with Crippen LogP contribution >= 0.6 is 0 Å². The van der Waals surface area contributed by atoms with Gasteiger partial charge in [0, 0.05) is 0 Å². The van der Waals surface area contributed by atoms with Gasteiger partial charge < -0.3 is 5.32 Å². The van der Waals surface area contributed by atoms with E-state index in [1.54, 1.807) is 0 Å². The first-order valence-electron chi connectivity index (χ1n) is 9.33. The van der Waals surface area contributed by atoms with Crippen LogP contribution in [0.5, 0.6) is 0 Å². The van der Waals surface area contributed by atoms with Crippen LogP contribution in [0.1, 0.15) is 46.6 Å². The zero-order valence-electron chi connectivity index (χ0n) is 16.5. The monoisotopic (exact) mass is 369 g/mol. The number of hydrogen-bond acceptors (Lipinski definition) is 3. The van der Waals surface area contributed by atoms with Crippen LogP contribution in [0.2, 0.25) is 0 Å². The maximum Gasteiger partial charge on any atom is 0.344 e. The highest BCUT2D eigenvalue weighted by molar-refractivity contribution is 6.08. The summed E-state index contributed by atoms with van der Waals surface area (Å²) in [4.78, 5) is 38.4. The largest absolute Gasteiger partial charge is 0.344 e. The van der Waals surface area contributed by atoms with E-state index in [2.05, 4.69) is 16.8 Å². The van der Waals surface area contributed by atoms with Crippen LogP contribution in [0.25, 0.3) is 0 Å². The van der Waals surface area contributed by atoms with E-state index >= 15 is 0 Å². The van der Waals surface area contributed by atoms with Crippen LogP contribution in [0.3, 0.4) is 0 Å². The molecule has 2 fully saturated rings. The van der Waals surface area contributed by atoms with Crippen LogP contribution < -0.4 is 10.7 Å². The van der Waals surface area contributed by atoms with Gasteiger partial charge in [0.25, 0.3) is 5.91 Å². The molecule has 1 aromatic carbocycles. The standard InChI is InChI=1S/C21H27N3O3/c1-6-21(14-10-8-7-9-11-14)18(26)24(19(27)22-21)23-17(25)16-15(12-13(2)3)20(16,4)5/h7-12,15-16H,6H2,1-5H3,(H,22,27)(H,23,25). The van der Waals surface area contributed by atoms with Gasteiger partial charge in [-0.25, -0.2) is 4.79 Å². The van der Waals surface area contributed by atoms with Gasteiger partial charge in [0.15, 0.2) is 0 Å². The van der Waals surface area contributed by atoms with Gasteiger partial charge in [0.2, 0.25) is 5.91 Å². The number of hydrazine groups is 1. The summed E-state index contributed by atoms with van der Waals surface area (Å²) in [6.45, 7) is 9.87. The molecule has 3 unspecified atom stereocenters. The Morgan fingerprint density at radius 1 is 1.22 bits per heavy atom. The summed E-state index contributed by atoms with van der Waals surface area (Å²) in [6.07, 6.45) is 2.47. The lowest BCUT2D eigenvalue weighted by Gasteiger charge is -2.25. The lowest BCUT2D eigenvalue weighted by atomic mass is 9.87. The summed E-state index contributed by atoms with van der Waals surface area (Å²) >= 11 is 0. The SMILES string of the molecule is CCC1(c2ccccc2)NC(=O)N(NC(=O)C2C(C=C(C)C)C2(C)C)C1=O. The summed E-state index contributed by atoms with van der Waals surface area (Å²) in [6, 6.07) is 8.51. The lowest BCUT2D eigenvalue weighted by Crippen LogP contribution is -2.49. The second-order valence-electron chi connectivity index (χ2n) is 8.24. The third-order valence-corrected chi connectivity index (χ3v) is 5.82. The molecule has 0 radical (unpaired) electrons. The maximum absolute atomic E-state index is 13.1. The van der Waals surface area contributed by atoms with Crippen molar-refractivity contribution in [3.05, 3.63) is 47.5 Å². The molecule has 6 nitrogen and oxygen atoms in total. The predicted octanol–water partition coefficient (Wildman–Crippen LogP) is 3.11. The molecule has 0 spiro atoms. The molecule has 1 aromatic rings. The Hall–Kier alpha value is -2.63. The minimum Gasteiger partial charge on any atom is -0.318 e. The molecule has 1 aliphatic heterocycles. The lowest BCUT2D eigenvalue weighted by molar-refractivity contribution is -0.140. The fourth-order valence-corrected chi connectivity index (χ4v) is 4.07. The highest BCUT2D eigenvalue weighted by Gasteiger charge is 2.61. The minimum absolute atomic E-state index is 0.105. The Morgan fingerprint density at radius 2 is 1.85 bits per heavy atom. The Kier molecular flexibility index (Phi) is 4.62. The summed E-state index contributed by atoms with van der Waals surface area (Å²) in [7, 11) is 0.